The highest BCUT2D eigenvalue weighted by atomic mass is 35.5. The topological polar surface area (TPSA) is 70.7 Å². The smallest absolute Gasteiger partial charge is 0.227 e. The maximum atomic E-state index is 12.2. The Bertz CT molecular complexity index is 618. The van der Waals surface area contributed by atoms with Crippen molar-refractivity contribution >= 4 is 35.6 Å². The molecular weight excluding hydrogens is 342 g/mol. The van der Waals surface area contributed by atoms with Crippen LogP contribution in [0.15, 0.2) is 18.2 Å². The molecule has 2 heterocycles. The fourth-order valence-corrected chi connectivity index (χ4v) is 3.41. The molecule has 0 spiro atoms. The highest BCUT2D eigenvalue weighted by Gasteiger charge is 2.23. The number of nitrogens with one attached hydrogen (secondary N) is 2. The first-order valence-corrected chi connectivity index (χ1v) is 8.69. The number of piperidine rings is 1. The second kappa shape index (κ2) is 9.06. The molecule has 2 N–H and O–H groups in total. The van der Waals surface area contributed by atoms with E-state index in [1.54, 1.807) is 18.1 Å². The number of amides is 2. The molecule has 7 heteroatoms. The van der Waals surface area contributed by atoms with Crippen molar-refractivity contribution in [1.82, 2.24) is 5.32 Å². The predicted molar refractivity (Wildman–Crippen MR) is 101 cm³/mol. The van der Waals surface area contributed by atoms with E-state index in [2.05, 4.69) is 10.6 Å². The Labute approximate surface area is 154 Å². The van der Waals surface area contributed by atoms with Crippen molar-refractivity contribution in [3.8, 4) is 5.75 Å². The fraction of sp³-hybridized carbons (Fsp3) is 0.556. The molecule has 0 radical (unpaired) electrons. The van der Waals surface area contributed by atoms with Gasteiger partial charge < -0.3 is 20.3 Å². The number of benzene rings is 1. The van der Waals surface area contributed by atoms with Crippen LogP contribution in [0.2, 0.25) is 0 Å². The van der Waals surface area contributed by atoms with Gasteiger partial charge in [0.05, 0.1) is 12.8 Å². The first-order valence-electron chi connectivity index (χ1n) is 8.69. The highest BCUT2D eigenvalue weighted by molar-refractivity contribution is 5.97. The molecule has 0 aromatic heterocycles. The molecule has 25 heavy (non-hydrogen) atoms. The monoisotopic (exact) mass is 367 g/mol. The Hall–Kier alpha value is -1.79. The average molecular weight is 368 g/mol. The number of carbonyl (C=O) groups is 2. The van der Waals surface area contributed by atoms with E-state index in [0.717, 1.165) is 37.9 Å². The zero-order valence-electron chi connectivity index (χ0n) is 14.5. The molecule has 138 valence electrons. The molecule has 2 saturated heterocycles. The van der Waals surface area contributed by atoms with Crippen LogP contribution >= 0.6 is 12.4 Å². The first kappa shape index (κ1) is 19.5. The minimum Gasteiger partial charge on any atom is -0.495 e. The molecule has 3 rings (SSSR count). The van der Waals surface area contributed by atoms with Crippen molar-refractivity contribution in [1.29, 1.82) is 0 Å². The number of hydrogen-bond acceptors (Lipinski definition) is 4. The van der Waals surface area contributed by atoms with E-state index < -0.39 is 0 Å². The highest BCUT2D eigenvalue weighted by Crippen LogP contribution is 2.33. The summed E-state index contributed by atoms with van der Waals surface area (Å²) in [7, 11) is 1.59. The van der Waals surface area contributed by atoms with Gasteiger partial charge in [-0.1, -0.05) is 0 Å². The molecule has 0 aliphatic carbocycles. The van der Waals surface area contributed by atoms with Crippen LogP contribution in [0.25, 0.3) is 0 Å². The van der Waals surface area contributed by atoms with E-state index >= 15 is 0 Å². The van der Waals surface area contributed by atoms with Gasteiger partial charge in [0.15, 0.2) is 0 Å². The normalized spacial score (nSPS) is 20.1. The maximum Gasteiger partial charge on any atom is 0.227 e. The largest absolute Gasteiger partial charge is 0.495 e. The first-order chi connectivity index (χ1) is 11.7. The van der Waals surface area contributed by atoms with Gasteiger partial charge in [-0.2, -0.15) is 0 Å². The molecule has 0 bridgehead atoms. The number of nitrogens with zero attached hydrogens (tertiary/aromatic N) is 1. The summed E-state index contributed by atoms with van der Waals surface area (Å²) in [6.07, 6.45) is 5.13. The maximum absolute atomic E-state index is 12.2. The molecule has 2 aliphatic heterocycles. The van der Waals surface area contributed by atoms with Crippen LogP contribution in [0.5, 0.6) is 5.75 Å². The van der Waals surface area contributed by atoms with Crippen LogP contribution in [0.3, 0.4) is 0 Å². The van der Waals surface area contributed by atoms with E-state index in [4.69, 9.17) is 4.74 Å². The summed E-state index contributed by atoms with van der Waals surface area (Å²) < 4.78 is 5.40. The van der Waals surface area contributed by atoms with Crippen LogP contribution in [-0.4, -0.2) is 38.1 Å². The van der Waals surface area contributed by atoms with Crippen molar-refractivity contribution in [2.24, 2.45) is 0 Å². The fourth-order valence-electron chi connectivity index (χ4n) is 3.41. The molecule has 2 aliphatic rings. The van der Waals surface area contributed by atoms with E-state index in [9.17, 15) is 9.59 Å². The molecule has 1 atom stereocenters. The van der Waals surface area contributed by atoms with Gasteiger partial charge in [0.2, 0.25) is 11.8 Å². The second-order valence-electron chi connectivity index (χ2n) is 6.43. The van der Waals surface area contributed by atoms with E-state index in [-0.39, 0.29) is 30.3 Å². The van der Waals surface area contributed by atoms with Crippen molar-refractivity contribution < 1.29 is 14.3 Å². The lowest BCUT2D eigenvalue weighted by Gasteiger charge is -2.28. The summed E-state index contributed by atoms with van der Waals surface area (Å²) in [6, 6.07) is 5.73. The summed E-state index contributed by atoms with van der Waals surface area (Å²) in [5.41, 5.74) is 1.44. The summed E-state index contributed by atoms with van der Waals surface area (Å²) in [6.45, 7) is 1.68. The van der Waals surface area contributed by atoms with Crippen molar-refractivity contribution in [3.05, 3.63) is 18.2 Å². The third-order valence-corrected chi connectivity index (χ3v) is 4.67. The third kappa shape index (κ3) is 4.86. The van der Waals surface area contributed by atoms with Crippen LogP contribution in [0.4, 0.5) is 11.4 Å². The van der Waals surface area contributed by atoms with Crippen LogP contribution in [-0.2, 0) is 9.59 Å². The molecule has 2 amide bonds. The summed E-state index contributed by atoms with van der Waals surface area (Å²) >= 11 is 0. The number of methoxy groups -OCH3 is 1. The standard InChI is InChI=1S/C18H25N3O3.ClH/c1-24-16-8-7-14(20-17(22)12-13-5-4-9-19-13)11-15(16)21-10-3-2-6-18(21)23;/h7-8,11,13,19H,2-6,9-10,12H2,1H3,(H,20,22);1H. The summed E-state index contributed by atoms with van der Waals surface area (Å²) in [4.78, 5) is 26.2. The summed E-state index contributed by atoms with van der Waals surface area (Å²) in [5.74, 6) is 0.759. The Morgan fingerprint density at radius 3 is 2.88 bits per heavy atom. The van der Waals surface area contributed by atoms with Gasteiger partial charge in [-0.05, 0) is 50.4 Å². The number of anilines is 2. The molecule has 1 aromatic carbocycles. The van der Waals surface area contributed by atoms with Crippen molar-refractivity contribution in [2.75, 3.05) is 30.4 Å². The minimum absolute atomic E-state index is 0. The molecular formula is C18H26ClN3O3. The zero-order chi connectivity index (χ0) is 16.9. The van der Waals surface area contributed by atoms with Crippen molar-refractivity contribution in [3.63, 3.8) is 0 Å². The van der Waals surface area contributed by atoms with Gasteiger partial charge in [-0.15, -0.1) is 12.4 Å². The lowest BCUT2D eigenvalue weighted by molar-refractivity contribution is -0.119. The van der Waals surface area contributed by atoms with Crippen LogP contribution < -0.4 is 20.3 Å². The molecule has 1 unspecified atom stereocenters. The summed E-state index contributed by atoms with van der Waals surface area (Å²) in [5, 5.41) is 6.27. The molecule has 0 saturated carbocycles. The van der Waals surface area contributed by atoms with Gasteiger partial charge in [0, 0.05) is 31.1 Å². The van der Waals surface area contributed by atoms with Gasteiger partial charge in [0.1, 0.15) is 5.75 Å². The SMILES string of the molecule is COc1ccc(NC(=O)CC2CCCN2)cc1N1CCCCC1=O.Cl. The van der Waals surface area contributed by atoms with Crippen LogP contribution in [0.1, 0.15) is 38.5 Å². The van der Waals surface area contributed by atoms with E-state index in [0.29, 0.717) is 30.8 Å². The Morgan fingerprint density at radius 1 is 1.36 bits per heavy atom. The van der Waals surface area contributed by atoms with Gasteiger partial charge in [-0.25, -0.2) is 0 Å². The van der Waals surface area contributed by atoms with Crippen molar-refractivity contribution in [2.45, 2.75) is 44.6 Å². The lowest BCUT2D eigenvalue weighted by atomic mass is 10.1. The molecule has 2 fully saturated rings. The third-order valence-electron chi connectivity index (χ3n) is 4.67. The quantitative estimate of drug-likeness (QED) is 0.839. The zero-order valence-corrected chi connectivity index (χ0v) is 15.4. The second-order valence-corrected chi connectivity index (χ2v) is 6.43. The number of carbonyl (C=O) groups excluding carboxylic acids is 2. The number of ether oxygens (including phenoxy) is 1. The number of rotatable bonds is 5. The molecule has 6 nitrogen and oxygen atoms in total. The lowest BCUT2D eigenvalue weighted by Crippen LogP contribution is -2.35. The Kier molecular flexibility index (Phi) is 7.08. The Morgan fingerprint density at radius 2 is 2.20 bits per heavy atom. The Balaban J connectivity index is 0.00000225. The van der Waals surface area contributed by atoms with Crippen LogP contribution in [0, 0.1) is 0 Å². The van der Waals surface area contributed by atoms with E-state index in [1.165, 1.54) is 0 Å². The van der Waals surface area contributed by atoms with E-state index in [1.807, 2.05) is 12.1 Å². The molecule has 1 aromatic rings. The average Bonchev–Trinajstić information content (AvgIpc) is 3.08. The minimum atomic E-state index is -0.00418. The van der Waals surface area contributed by atoms with Gasteiger partial charge >= 0.3 is 0 Å². The van der Waals surface area contributed by atoms with Gasteiger partial charge in [-0.3, -0.25) is 9.59 Å². The number of halogens is 1. The number of hydrogen-bond donors (Lipinski definition) is 2. The predicted octanol–water partition coefficient (Wildman–Crippen LogP) is 2.71. The van der Waals surface area contributed by atoms with Gasteiger partial charge in [0.25, 0.3) is 0 Å².